The highest BCUT2D eigenvalue weighted by Gasteiger charge is 2.46. The molecule has 0 N–H and O–H groups in total. The summed E-state index contributed by atoms with van der Waals surface area (Å²) in [5.74, 6) is 0.932. The fourth-order valence-electron chi connectivity index (χ4n) is 3.77. The molecule has 0 radical (unpaired) electrons. The molecule has 29 heavy (non-hydrogen) atoms. The maximum atomic E-state index is 12.8. The van der Waals surface area contributed by atoms with E-state index >= 15 is 0 Å². The number of piperazine rings is 1. The molecule has 1 saturated carbocycles. The van der Waals surface area contributed by atoms with Gasteiger partial charge in [0.1, 0.15) is 5.75 Å². The Morgan fingerprint density at radius 3 is 2.34 bits per heavy atom. The zero-order valence-corrected chi connectivity index (χ0v) is 17.4. The van der Waals surface area contributed by atoms with Gasteiger partial charge in [-0.05, 0) is 36.1 Å². The molecule has 152 valence electrons. The summed E-state index contributed by atoms with van der Waals surface area (Å²) in [5, 5.41) is 0.887. The number of ether oxygens (including phenoxy) is 1. The van der Waals surface area contributed by atoms with E-state index in [-0.39, 0.29) is 24.3 Å². The van der Waals surface area contributed by atoms with Gasteiger partial charge < -0.3 is 14.5 Å². The van der Waals surface area contributed by atoms with Gasteiger partial charge in [-0.25, -0.2) is 0 Å². The molecular weight excluding hydrogens is 411 g/mol. The van der Waals surface area contributed by atoms with Gasteiger partial charge in [-0.2, -0.15) is 0 Å². The van der Waals surface area contributed by atoms with Crippen molar-refractivity contribution in [1.29, 1.82) is 0 Å². The summed E-state index contributed by atoms with van der Waals surface area (Å²) in [6.45, 7) is 2.07. The summed E-state index contributed by atoms with van der Waals surface area (Å²) in [6.07, 6.45) is 0.914. The SMILES string of the molecule is O=C(COc1ccc(Cl)cc1Cl)N1CCN(C(=O)[C@@H]2C[C@@H]2c2ccccc2)CC1. The summed E-state index contributed by atoms with van der Waals surface area (Å²) in [7, 11) is 0. The van der Waals surface area contributed by atoms with Gasteiger partial charge in [0.2, 0.25) is 5.91 Å². The van der Waals surface area contributed by atoms with Crippen molar-refractivity contribution in [2.45, 2.75) is 12.3 Å². The van der Waals surface area contributed by atoms with Gasteiger partial charge in [0, 0.05) is 37.1 Å². The van der Waals surface area contributed by atoms with Crippen LogP contribution < -0.4 is 4.74 Å². The molecule has 2 aromatic carbocycles. The van der Waals surface area contributed by atoms with Crippen molar-refractivity contribution in [3.63, 3.8) is 0 Å². The van der Waals surface area contributed by atoms with E-state index in [0.717, 1.165) is 6.42 Å². The maximum Gasteiger partial charge on any atom is 0.260 e. The summed E-state index contributed by atoms with van der Waals surface area (Å²) in [6, 6.07) is 15.1. The van der Waals surface area contributed by atoms with Gasteiger partial charge in [-0.3, -0.25) is 9.59 Å². The standard InChI is InChI=1S/C22H22Cl2N2O3/c23-16-6-7-20(19(24)12-16)29-14-21(27)25-8-10-26(11-9-25)22(28)18-13-17(18)15-4-2-1-3-5-15/h1-7,12,17-18H,8-11,13-14H2/t17-,18-/m1/s1. The molecule has 2 atom stereocenters. The lowest BCUT2D eigenvalue weighted by Gasteiger charge is -2.35. The summed E-state index contributed by atoms with van der Waals surface area (Å²) >= 11 is 11.9. The van der Waals surface area contributed by atoms with Crippen LogP contribution in [-0.2, 0) is 9.59 Å². The molecule has 1 heterocycles. The van der Waals surface area contributed by atoms with Crippen LogP contribution in [0, 0.1) is 5.92 Å². The van der Waals surface area contributed by atoms with Gasteiger partial charge >= 0.3 is 0 Å². The van der Waals surface area contributed by atoms with Crippen LogP contribution >= 0.6 is 23.2 Å². The molecule has 2 aliphatic rings. The molecule has 4 rings (SSSR count). The molecule has 1 aliphatic carbocycles. The van der Waals surface area contributed by atoms with Crippen LogP contribution in [-0.4, -0.2) is 54.4 Å². The third-order valence-electron chi connectivity index (χ3n) is 5.52. The van der Waals surface area contributed by atoms with Crippen LogP contribution in [0.15, 0.2) is 48.5 Å². The average Bonchev–Trinajstić information content (AvgIpc) is 3.54. The molecule has 0 aromatic heterocycles. The lowest BCUT2D eigenvalue weighted by atomic mass is 10.1. The highest BCUT2D eigenvalue weighted by atomic mass is 35.5. The Balaban J connectivity index is 1.24. The number of nitrogens with zero attached hydrogens (tertiary/aromatic N) is 2. The first-order valence-corrected chi connectivity index (χ1v) is 10.5. The molecule has 2 fully saturated rings. The first-order chi connectivity index (χ1) is 14.0. The first-order valence-electron chi connectivity index (χ1n) is 9.72. The number of halogens is 2. The Morgan fingerprint density at radius 1 is 0.966 bits per heavy atom. The quantitative estimate of drug-likeness (QED) is 0.720. The van der Waals surface area contributed by atoms with E-state index in [2.05, 4.69) is 12.1 Å². The molecule has 7 heteroatoms. The number of benzene rings is 2. The molecular formula is C22H22Cl2N2O3. The van der Waals surface area contributed by atoms with Gasteiger partial charge in [-0.15, -0.1) is 0 Å². The molecule has 1 aliphatic heterocycles. The minimum absolute atomic E-state index is 0.0787. The minimum atomic E-state index is -0.114. The Kier molecular flexibility index (Phi) is 5.97. The van der Waals surface area contributed by atoms with Gasteiger partial charge in [0.05, 0.1) is 5.02 Å². The van der Waals surface area contributed by atoms with Gasteiger partial charge in [-0.1, -0.05) is 53.5 Å². The van der Waals surface area contributed by atoms with Crippen LogP contribution in [0.3, 0.4) is 0 Å². The van der Waals surface area contributed by atoms with E-state index < -0.39 is 0 Å². The predicted molar refractivity (Wildman–Crippen MR) is 112 cm³/mol. The zero-order valence-electron chi connectivity index (χ0n) is 15.9. The van der Waals surface area contributed by atoms with Crippen LogP contribution in [0.25, 0.3) is 0 Å². The lowest BCUT2D eigenvalue weighted by molar-refractivity contribution is -0.141. The van der Waals surface area contributed by atoms with Crippen molar-refractivity contribution in [2.24, 2.45) is 5.92 Å². The number of rotatable bonds is 5. The molecule has 5 nitrogen and oxygen atoms in total. The van der Waals surface area contributed by atoms with Crippen molar-refractivity contribution >= 4 is 35.0 Å². The van der Waals surface area contributed by atoms with E-state index in [0.29, 0.717) is 47.9 Å². The number of carbonyl (C=O) groups excluding carboxylic acids is 2. The van der Waals surface area contributed by atoms with Crippen molar-refractivity contribution in [1.82, 2.24) is 9.80 Å². The number of carbonyl (C=O) groups is 2. The summed E-state index contributed by atoms with van der Waals surface area (Å²) < 4.78 is 5.53. The second-order valence-electron chi connectivity index (χ2n) is 7.43. The van der Waals surface area contributed by atoms with Crippen LogP contribution in [0.1, 0.15) is 17.9 Å². The van der Waals surface area contributed by atoms with Crippen molar-refractivity contribution in [2.75, 3.05) is 32.8 Å². The van der Waals surface area contributed by atoms with E-state index in [4.69, 9.17) is 27.9 Å². The summed E-state index contributed by atoms with van der Waals surface area (Å²) in [4.78, 5) is 28.8. The molecule has 0 bridgehead atoms. The predicted octanol–water partition coefficient (Wildman–Crippen LogP) is 3.85. The second-order valence-corrected chi connectivity index (χ2v) is 8.27. The zero-order chi connectivity index (χ0) is 20.4. The number of amides is 2. The van der Waals surface area contributed by atoms with Gasteiger partial charge in [0.25, 0.3) is 5.91 Å². The van der Waals surface area contributed by atoms with E-state index in [1.54, 1.807) is 23.1 Å². The number of hydrogen-bond acceptors (Lipinski definition) is 3. The third-order valence-corrected chi connectivity index (χ3v) is 6.05. The monoisotopic (exact) mass is 432 g/mol. The summed E-state index contributed by atoms with van der Waals surface area (Å²) in [5.41, 5.74) is 1.23. The number of hydrogen-bond donors (Lipinski definition) is 0. The highest BCUT2D eigenvalue weighted by Crippen LogP contribution is 2.48. The van der Waals surface area contributed by atoms with E-state index in [1.807, 2.05) is 23.1 Å². The molecule has 2 amide bonds. The molecule has 2 aromatic rings. The molecule has 1 saturated heterocycles. The Morgan fingerprint density at radius 2 is 1.66 bits per heavy atom. The molecule has 0 spiro atoms. The maximum absolute atomic E-state index is 12.8. The van der Waals surface area contributed by atoms with Crippen LogP contribution in [0.2, 0.25) is 10.0 Å². The largest absolute Gasteiger partial charge is 0.482 e. The van der Waals surface area contributed by atoms with Crippen molar-refractivity contribution in [3.05, 3.63) is 64.1 Å². The smallest absolute Gasteiger partial charge is 0.260 e. The first kappa shape index (κ1) is 20.0. The lowest BCUT2D eigenvalue weighted by Crippen LogP contribution is -2.52. The Bertz CT molecular complexity index is 898. The van der Waals surface area contributed by atoms with Crippen molar-refractivity contribution in [3.8, 4) is 5.75 Å². The van der Waals surface area contributed by atoms with E-state index in [1.165, 1.54) is 5.56 Å². The fraction of sp³-hybridized carbons (Fsp3) is 0.364. The third kappa shape index (κ3) is 4.68. The van der Waals surface area contributed by atoms with Crippen LogP contribution in [0.4, 0.5) is 0 Å². The van der Waals surface area contributed by atoms with Crippen molar-refractivity contribution < 1.29 is 14.3 Å². The Hall–Kier alpha value is -2.24. The second kappa shape index (κ2) is 8.64. The minimum Gasteiger partial charge on any atom is -0.482 e. The topological polar surface area (TPSA) is 49.9 Å². The highest BCUT2D eigenvalue weighted by molar-refractivity contribution is 6.35. The van der Waals surface area contributed by atoms with Gasteiger partial charge in [0.15, 0.2) is 6.61 Å². The normalized spacial score (nSPS) is 21.0. The fourth-order valence-corrected chi connectivity index (χ4v) is 4.23. The Labute approximate surface area is 180 Å². The van der Waals surface area contributed by atoms with E-state index in [9.17, 15) is 9.59 Å². The average molecular weight is 433 g/mol. The molecule has 0 unspecified atom stereocenters. The van der Waals surface area contributed by atoms with Crippen LogP contribution in [0.5, 0.6) is 5.75 Å².